The van der Waals surface area contributed by atoms with E-state index in [2.05, 4.69) is 9.97 Å². The fourth-order valence-electron chi connectivity index (χ4n) is 1.31. The van der Waals surface area contributed by atoms with Gasteiger partial charge in [0.2, 0.25) is 0 Å². The van der Waals surface area contributed by atoms with E-state index < -0.39 is 5.97 Å². The normalized spacial score (nSPS) is 10.1. The van der Waals surface area contributed by atoms with Crippen LogP contribution >= 0.6 is 11.6 Å². The summed E-state index contributed by atoms with van der Waals surface area (Å²) in [6.07, 6.45) is 2.80. The first-order valence-electron chi connectivity index (χ1n) is 4.49. The molecule has 0 aliphatic carbocycles. The Kier molecular flexibility index (Phi) is 2.83. The Morgan fingerprint density at radius 3 is 2.38 bits per heavy atom. The van der Waals surface area contributed by atoms with Crippen molar-refractivity contribution in [2.45, 2.75) is 0 Å². The molecular formula is C11H7ClN2O2. The van der Waals surface area contributed by atoms with Crippen LogP contribution in [0.3, 0.4) is 0 Å². The van der Waals surface area contributed by atoms with E-state index in [1.807, 2.05) is 0 Å². The number of halogens is 1. The van der Waals surface area contributed by atoms with Gasteiger partial charge < -0.3 is 5.11 Å². The lowest BCUT2D eigenvalue weighted by atomic mass is 10.1. The molecule has 0 spiro atoms. The van der Waals surface area contributed by atoms with Crippen LogP contribution in [0.15, 0.2) is 36.7 Å². The van der Waals surface area contributed by atoms with Crippen LogP contribution in [0.1, 0.15) is 10.5 Å². The van der Waals surface area contributed by atoms with E-state index in [0.717, 1.165) is 0 Å². The van der Waals surface area contributed by atoms with Crippen LogP contribution in [0.2, 0.25) is 5.02 Å². The first-order valence-corrected chi connectivity index (χ1v) is 4.86. The van der Waals surface area contributed by atoms with Gasteiger partial charge >= 0.3 is 5.97 Å². The Labute approximate surface area is 96.6 Å². The number of nitrogens with zero attached hydrogens (tertiary/aromatic N) is 2. The Balaban J connectivity index is 2.55. The van der Waals surface area contributed by atoms with Crippen molar-refractivity contribution in [2.75, 3.05) is 0 Å². The van der Waals surface area contributed by atoms with E-state index >= 15 is 0 Å². The average molecular weight is 235 g/mol. The maximum Gasteiger partial charge on any atom is 0.356 e. The topological polar surface area (TPSA) is 63.1 Å². The molecule has 0 atom stereocenters. The molecule has 0 aliphatic rings. The van der Waals surface area contributed by atoms with E-state index in [0.29, 0.717) is 16.3 Å². The van der Waals surface area contributed by atoms with Crippen LogP contribution in [0, 0.1) is 0 Å². The molecule has 0 saturated heterocycles. The lowest BCUT2D eigenvalue weighted by Crippen LogP contribution is -2.04. The molecule has 2 aromatic rings. The highest BCUT2D eigenvalue weighted by molar-refractivity contribution is 6.30. The summed E-state index contributed by atoms with van der Waals surface area (Å²) in [5, 5.41) is 9.54. The first kappa shape index (κ1) is 10.6. The van der Waals surface area contributed by atoms with Gasteiger partial charge in [0.05, 0.1) is 0 Å². The van der Waals surface area contributed by atoms with Gasteiger partial charge in [-0.2, -0.15) is 0 Å². The summed E-state index contributed by atoms with van der Waals surface area (Å²) in [4.78, 5) is 18.7. The minimum atomic E-state index is -1.10. The average Bonchev–Trinajstić information content (AvgIpc) is 2.30. The SMILES string of the molecule is O=C(O)c1nccnc1-c1ccc(Cl)cc1. The van der Waals surface area contributed by atoms with E-state index in [1.54, 1.807) is 24.3 Å². The van der Waals surface area contributed by atoms with Gasteiger partial charge in [-0.1, -0.05) is 23.7 Å². The third-order valence-corrected chi connectivity index (χ3v) is 2.27. The molecule has 0 unspecified atom stereocenters. The van der Waals surface area contributed by atoms with Crippen LogP contribution in [0.5, 0.6) is 0 Å². The highest BCUT2D eigenvalue weighted by Crippen LogP contribution is 2.21. The van der Waals surface area contributed by atoms with Gasteiger partial charge in [0.15, 0.2) is 5.69 Å². The second kappa shape index (κ2) is 4.28. The molecule has 4 nitrogen and oxygen atoms in total. The monoisotopic (exact) mass is 234 g/mol. The van der Waals surface area contributed by atoms with Gasteiger partial charge in [-0.05, 0) is 12.1 Å². The molecule has 0 bridgehead atoms. The van der Waals surface area contributed by atoms with Crippen LogP contribution in [-0.2, 0) is 0 Å². The highest BCUT2D eigenvalue weighted by Gasteiger charge is 2.13. The summed E-state index contributed by atoms with van der Waals surface area (Å²) in [6.45, 7) is 0. The number of hydrogen-bond acceptors (Lipinski definition) is 3. The number of carboxylic acids is 1. The molecule has 80 valence electrons. The van der Waals surface area contributed by atoms with Crippen molar-refractivity contribution in [1.29, 1.82) is 0 Å². The molecule has 1 heterocycles. The number of benzene rings is 1. The number of carboxylic acid groups (broad SMARTS) is 1. The number of carbonyl (C=O) groups is 1. The second-order valence-corrected chi connectivity index (χ2v) is 3.50. The molecule has 1 aromatic heterocycles. The van der Waals surface area contributed by atoms with E-state index in [-0.39, 0.29) is 5.69 Å². The predicted octanol–water partition coefficient (Wildman–Crippen LogP) is 2.50. The molecule has 0 fully saturated rings. The maximum absolute atomic E-state index is 10.9. The molecular weight excluding hydrogens is 228 g/mol. The lowest BCUT2D eigenvalue weighted by Gasteiger charge is -2.03. The van der Waals surface area contributed by atoms with E-state index in [1.165, 1.54) is 12.4 Å². The zero-order chi connectivity index (χ0) is 11.5. The molecule has 0 aliphatic heterocycles. The smallest absolute Gasteiger partial charge is 0.356 e. The van der Waals surface area contributed by atoms with Gasteiger partial charge in [-0.3, -0.25) is 4.98 Å². The zero-order valence-electron chi connectivity index (χ0n) is 8.09. The van der Waals surface area contributed by atoms with E-state index in [9.17, 15) is 4.79 Å². The second-order valence-electron chi connectivity index (χ2n) is 3.07. The number of aromatic nitrogens is 2. The van der Waals surface area contributed by atoms with Crippen LogP contribution in [0.4, 0.5) is 0 Å². The summed E-state index contributed by atoms with van der Waals surface area (Å²) in [6, 6.07) is 6.77. The van der Waals surface area contributed by atoms with Gasteiger partial charge in [0, 0.05) is 23.0 Å². The molecule has 16 heavy (non-hydrogen) atoms. The lowest BCUT2D eigenvalue weighted by molar-refractivity contribution is 0.0691. The van der Waals surface area contributed by atoms with Gasteiger partial charge in [-0.15, -0.1) is 0 Å². The third kappa shape index (κ3) is 2.01. The minimum absolute atomic E-state index is 0.0650. The van der Waals surface area contributed by atoms with Crippen molar-refractivity contribution >= 4 is 17.6 Å². The summed E-state index contributed by atoms with van der Waals surface area (Å²) in [5.74, 6) is -1.10. The predicted molar refractivity (Wildman–Crippen MR) is 59.4 cm³/mol. The van der Waals surface area contributed by atoms with Crippen molar-refractivity contribution in [1.82, 2.24) is 9.97 Å². The molecule has 1 aromatic carbocycles. The van der Waals surface area contributed by atoms with Crippen molar-refractivity contribution in [3.8, 4) is 11.3 Å². The summed E-state index contributed by atoms with van der Waals surface area (Å²) in [7, 11) is 0. The maximum atomic E-state index is 10.9. The van der Waals surface area contributed by atoms with Crippen molar-refractivity contribution < 1.29 is 9.90 Å². The molecule has 0 amide bonds. The minimum Gasteiger partial charge on any atom is -0.476 e. The quantitative estimate of drug-likeness (QED) is 0.867. The number of hydrogen-bond donors (Lipinski definition) is 1. The fraction of sp³-hybridized carbons (Fsp3) is 0. The zero-order valence-corrected chi connectivity index (χ0v) is 8.85. The number of rotatable bonds is 2. The molecule has 2 rings (SSSR count). The molecule has 1 N–H and O–H groups in total. The number of aromatic carboxylic acids is 1. The molecule has 0 saturated carbocycles. The van der Waals surface area contributed by atoms with E-state index in [4.69, 9.17) is 16.7 Å². The van der Waals surface area contributed by atoms with Crippen LogP contribution < -0.4 is 0 Å². The Hall–Kier alpha value is -1.94. The van der Waals surface area contributed by atoms with Gasteiger partial charge in [0.1, 0.15) is 5.69 Å². The summed E-state index contributed by atoms with van der Waals surface area (Å²) < 4.78 is 0. The molecule has 5 heteroatoms. The van der Waals surface area contributed by atoms with Gasteiger partial charge in [-0.25, -0.2) is 9.78 Å². The van der Waals surface area contributed by atoms with Crippen LogP contribution in [-0.4, -0.2) is 21.0 Å². The Morgan fingerprint density at radius 2 is 1.75 bits per heavy atom. The van der Waals surface area contributed by atoms with Gasteiger partial charge in [0.25, 0.3) is 0 Å². The third-order valence-electron chi connectivity index (χ3n) is 2.02. The van der Waals surface area contributed by atoms with Crippen molar-refractivity contribution in [3.05, 3.63) is 47.4 Å². The van der Waals surface area contributed by atoms with Crippen molar-refractivity contribution in [2.24, 2.45) is 0 Å². The highest BCUT2D eigenvalue weighted by atomic mass is 35.5. The first-order chi connectivity index (χ1) is 7.68. The summed E-state index contributed by atoms with van der Waals surface area (Å²) in [5.41, 5.74) is 0.950. The summed E-state index contributed by atoms with van der Waals surface area (Å²) >= 11 is 5.75. The fourth-order valence-corrected chi connectivity index (χ4v) is 1.44. The Morgan fingerprint density at radius 1 is 1.12 bits per heavy atom. The molecule has 0 radical (unpaired) electrons. The Bertz CT molecular complexity index is 526. The largest absolute Gasteiger partial charge is 0.476 e. The van der Waals surface area contributed by atoms with Crippen molar-refractivity contribution in [3.63, 3.8) is 0 Å². The standard InChI is InChI=1S/C11H7ClN2O2/c12-8-3-1-7(2-4-8)9-10(11(15)16)14-6-5-13-9/h1-6H,(H,15,16). The van der Waals surface area contributed by atoms with Crippen LogP contribution in [0.25, 0.3) is 11.3 Å².